The third-order valence-electron chi connectivity index (χ3n) is 4.12. The van der Waals surface area contributed by atoms with Gasteiger partial charge in [-0.25, -0.2) is 4.98 Å². The molecule has 0 fully saturated rings. The highest BCUT2D eigenvalue weighted by Crippen LogP contribution is 2.29. The molecule has 0 amide bonds. The van der Waals surface area contributed by atoms with E-state index in [1.54, 1.807) is 23.1 Å². The molecule has 0 atom stereocenters. The summed E-state index contributed by atoms with van der Waals surface area (Å²) >= 11 is 9.39. The average Bonchev–Trinajstić information content (AvgIpc) is 3.27. The van der Waals surface area contributed by atoms with Crippen molar-refractivity contribution < 1.29 is 0 Å². The molecule has 0 saturated carbocycles. The van der Waals surface area contributed by atoms with E-state index >= 15 is 0 Å². The molecule has 0 bridgehead atoms. The number of halogens is 1. The summed E-state index contributed by atoms with van der Waals surface area (Å²) in [5.74, 6) is 1.56. The Bertz CT molecular complexity index is 1070. The molecule has 4 nitrogen and oxygen atoms in total. The predicted molar refractivity (Wildman–Crippen MR) is 113 cm³/mol. The first-order valence-electron chi connectivity index (χ1n) is 8.40. The topological polar surface area (TPSA) is 43.6 Å². The van der Waals surface area contributed by atoms with E-state index in [2.05, 4.69) is 46.8 Å². The summed E-state index contributed by atoms with van der Waals surface area (Å²) in [4.78, 5) is 4.75. The van der Waals surface area contributed by atoms with E-state index in [9.17, 15) is 0 Å². The monoisotopic (exact) mass is 412 g/mol. The van der Waals surface area contributed by atoms with Crippen molar-refractivity contribution >= 4 is 34.7 Å². The molecule has 27 heavy (non-hydrogen) atoms. The molecule has 0 N–H and O–H groups in total. The zero-order valence-corrected chi connectivity index (χ0v) is 17.3. The van der Waals surface area contributed by atoms with E-state index in [-0.39, 0.29) is 0 Å². The number of hydrogen-bond donors (Lipinski definition) is 0. The molecule has 0 aliphatic carbocycles. The van der Waals surface area contributed by atoms with Crippen LogP contribution in [0.25, 0.3) is 22.0 Å². The Hall–Kier alpha value is -2.15. The van der Waals surface area contributed by atoms with Gasteiger partial charge in [0.25, 0.3) is 0 Å². The van der Waals surface area contributed by atoms with Gasteiger partial charge < -0.3 is 4.57 Å². The van der Waals surface area contributed by atoms with Gasteiger partial charge in [-0.2, -0.15) is 0 Å². The maximum absolute atomic E-state index is 6.09. The second kappa shape index (κ2) is 7.84. The zero-order chi connectivity index (χ0) is 18.8. The van der Waals surface area contributed by atoms with Crippen LogP contribution < -0.4 is 0 Å². The summed E-state index contributed by atoms with van der Waals surface area (Å²) in [5.41, 5.74) is 4.42. The third kappa shape index (κ3) is 4.08. The fourth-order valence-electron chi connectivity index (χ4n) is 2.66. The number of hydrogen-bond acceptors (Lipinski definition) is 5. The molecule has 0 saturated heterocycles. The zero-order valence-electron chi connectivity index (χ0n) is 14.9. The van der Waals surface area contributed by atoms with Gasteiger partial charge in [-0.3, -0.25) is 0 Å². The molecule has 4 rings (SSSR count). The summed E-state index contributed by atoms with van der Waals surface area (Å²) in [5, 5.41) is 13.3. The highest BCUT2D eigenvalue weighted by molar-refractivity contribution is 7.98. The fourth-order valence-corrected chi connectivity index (χ4v) is 4.59. The normalized spacial score (nSPS) is 11.1. The van der Waals surface area contributed by atoms with E-state index in [4.69, 9.17) is 16.6 Å². The van der Waals surface area contributed by atoms with Crippen LogP contribution in [0.3, 0.4) is 0 Å². The number of thioether (sulfide) groups is 1. The Kier molecular flexibility index (Phi) is 5.29. The Balaban J connectivity index is 1.47. The molecular weight excluding hydrogens is 396 g/mol. The van der Waals surface area contributed by atoms with Crippen molar-refractivity contribution in [3.8, 4) is 22.0 Å². The summed E-state index contributed by atoms with van der Waals surface area (Å²) in [6, 6.07) is 16.1. The van der Waals surface area contributed by atoms with Crippen LogP contribution in [0.1, 0.15) is 11.3 Å². The SMILES string of the molecule is Cc1ccc(-c2nc(CSc3nnc(-c4cccc(Cl)c4)n3C)cs2)cc1. The molecule has 4 aromatic rings. The Labute approximate surface area is 171 Å². The lowest BCUT2D eigenvalue weighted by Gasteiger charge is -2.03. The van der Waals surface area contributed by atoms with Gasteiger partial charge >= 0.3 is 0 Å². The van der Waals surface area contributed by atoms with Crippen molar-refractivity contribution in [2.24, 2.45) is 7.05 Å². The minimum Gasteiger partial charge on any atom is -0.305 e. The van der Waals surface area contributed by atoms with Crippen LogP contribution in [0.2, 0.25) is 5.02 Å². The van der Waals surface area contributed by atoms with Crippen LogP contribution in [0.5, 0.6) is 0 Å². The van der Waals surface area contributed by atoms with Crippen LogP contribution in [-0.2, 0) is 12.8 Å². The van der Waals surface area contributed by atoms with Crippen molar-refractivity contribution in [1.82, 2.24) is 19.7 Å². The Morgan fingerprint density at radius 1 is 1.07 bits per heavy atom. The highest BCUT2D eigenvalue weighted by Gasteiger charge is 2.13. The van der Waals surface area contributed by atoms with Gasteiger partial charge in [-0.05, 0) is 19.1 Å². The maximum Gasteiger partial charge on any atom is 0.191 e. The predicted octanol–water partition coefficient (Wildman–Crippen LogP) is 5.86. The summed E-state index contributed by atoms with van der Waals surface area (Å²) in [6.07, 6.45) is 0. The minimum atomic E-state index is 0.691. The molecule has 2 heterocycles. The summed E-state index contributed by atoms with van der Waals surface area (Å²) in [6.45, 7) is 2.09. The van der Waals surface area contributed by atoms with Crippen molar-refractivity contribution in [1.29, 1.82) is 0 Å². The minimum absolute atomic E-state index is 0.691. The third-order valence-corrected chi connectivity index (χ3v) is 6.35. The molecule has 0 aliphatic heterocycles. The van der Waals surface area contributed by atoms with E-state index < -0.39 is 0 Å². The summed E-state index contributed by atoms with van der Waals surface area (Å²) in [7, 11) is 1.97. The number of rotatable bonds is 5. The van der Waals surface area contributed by atoms with Gasteiger partial charge in [0.05, 0.1) is 5.69 Å². The van der Waals surface area contributed by atoms with E-state index in [0.29, 0.717) is 5.02 Å². The Morgan fingerprint density at radius 2 is 1.89 bits per heavy atom. The molecule has 7 heteroatoms. The van der Waals surface area contributed by atoms with Gasteiger partial charge in [-0.1, -0.05) is 65.3 Å². The number of aromatic nitrogens is 4. The molecule has 2 aromatic carbocycles. The maximum atomic E-state index is 6.09. The molecule has 0 unspecified atom stereocenters. The van der Waals surface area contributed by atoms with Crippen molar-refractivity contribution in [3.63, 3.8) is 0 Å². The number of aryl methyl sites for hydroxylation is 1. The van der Waals surface area contributed by atoms with E-state index in [0.717, 1.165) is 38.6 Å². The van der Waals surface area contributed by atoms with Gasteiger partial charge in [-0.15, -0.1) is 21.5 Å². The van der Waals surface area contributed by atoms with Crippen molar-refractivity contribution in [3.05, 3.63) is 70.2 Å². The quantitative estimate of drug-likeness (QED) is 0.385. The van der Waals surface area contributed by atoms with Crippen molar-refractivity contribution in [2.45, 2.75) is 17.8 Å². The van der Waals surface area contributed by atoms with Crippen molar-refractivity contribution in [2.75, 3.05) is 0 Å². The van der Waals surface area contributed by atoms with E-state index in [1.165, 1.54) is 5.56 Å². The lowest BCUT2D eigenvalue weighted by atomic mass is 10.2. The van der Waals surface area contributed by atoms with Crippen LogP contribution in [-0.4, -0.2) is 19.7 Å². The molecule has 0 aliphatic rings. The molecule has 0 spiro atoms. The molecule has 2 aromatic heterocycles. The second-order valence-electron chi connectivity index (χ2n) is 6.17. The lowest BCUT2D eigenvalue weighted by molar-refractivity contribution is 0.793. The highest BCUT2D eigenvalue weighted by atomic mass is 35.5. The van der Waals surface area contributed by atoms with Crippen LogP contribution in [0.15, 0.2) is 59.1 Å². The van der Waals surface area contributed by atoms with Gasteiger partial charge in [0.15, 0.2) is 11.0 Å². The van der Waals surface area contributed by atoms with Crippen LogP contribution in [0, 0.1) is 6.92 Å². The van der Waals surface area contributed by atoms with E-state index in [1.807, 2.05) is 35.9 Å². The molecule has 0 radical (unpaired) electrons. The van der Waals surface area contributed by atoms with Crippen LogP contribution in [0.4, 0.5) is 0 Å². The Morgan fingerprint density at radius 3 is 2.67 bits per heavy atom. The van der Waals surface area contributed by atoms with Gasteiger partial charge in [0.1, 0.15) is 5.01 Å². The number of thiazole rings is 1. The largest absolute Gasteiger partial charge is 0.305 e. The van der Waals surface area contributed by atoms with Crippen LogP contribution >= 0.6 is 34.7 Å². The first kappa shape index (κ1) is 18.2. The number of benzene rings is 2. The average molecular weight is 413 g/mol. The number of nitrogens with zero attached hydrogens (tertiary/aromatic N) is 4. The first-order valence-corrected chi connectivity index (χ1v) is 10.6. The first-order chi connectivity index (χ1) is 13.1. The smallest absolute Gasteiger partial charge is 0.191 e. The molecular formula is C20H17ClN4S2. The summed E-state index contributed by atoms with van der Waals surface area (Å²) < 4.78 is 1.99. The van der Waals surface area contributed by atoms with Gasteiger partial charge in [0, 0.05) is 34.3 Å². The fraction of sp³-hybridized carbons (Fsp3) is 0.150. The van der Waals surface area contributed by atoms with Gasteiger partial charge in [0.2, 0.25) is 0 Å². The second-order valence-corrected chi connectivity index (χ2v) is 8.41. The molecule has 136 valence electrons. The lowest BCUT2D eigenvalue weighted by Crippen LogP contribution is -1.95. The standard InChI is InChI=1S/C20H17ClN4S2/c1-13-6-8-14(9-7-13)19-22-17(11-26-19)12-27-20-24-23-18(25(20)2)15-4-3-5-16(21)10-15/h3-11H,12H2,1-2H3.